The van der Waals surface area contributed by atoms with Crippen molar-refractivity contribution in [3.05, 3.63) is 34.9 Å². The molecular formula is C28H44O3. The summed E-state index contributed by atoms with van der Waals surface area (Å²) in [6.45, 7) is 2.28. The summed E-state index contributed by atoms with van der Waals surface area (Å²) in [5.41, 5.74) is 1.90. The zero-order valence-electron chi connectivity index (χ0n) is 19.9. The highest BCUT2D eigenvalue weighted by atomic mass is 16.6. The maximum Gasteiger partial charge on any atom is 0.347 e. The van der Waals surface area contributed by atoms with E-state index in [4.69, 9.17) is 4.74 Å². The van der Waals surface area contributed by atoms with Crippen molar-refractivity contribution in [1.82, 2.24) is 0 Å². The molecule has 1 aliphatic rings. The van der Waals surface area contributed by atoms with Gasteiger partial charge in [0, 0.05) is 0 Å². The zero-order valence-corrected chi connectivity index (χ0v) is 19.9. The fourth-order valence-corrected chi connectivity index (χ4v) is 4.63. The second kappa shape index (κ2) is 16.1. The van der Waals surface area contributed by atoms with Crippen molar-refractivity contribution in [3.63, 3.8) is 0 Å². The highest BCUT2D eigenvalue weighted by molar-refractivity contribution is 6.15. The summed E-state index contributed by atoms with van der Waals surface area (Å²) in [5.74, 6) is -0.974. The van der Waals surface area contributed by atoms with E-state index in [0.717, 1.165) is 18.4 Å². The Labute approximate surface area is 190 Å². The van der Waals surface area contributed by atoms with Crippen LogP contribution in [0.15, 0.2) is 18.2 Å². The molecule has 0 unspecified atom stereocenters. The number of carbonyl (C=O) groups is 2. The Balaban J connectivity index is 1.36. The first kappa shape index (κ1) is 25.6. The summed E-state index contributed by atoms with van der Waals surface area (Å²) < 4.78 is 4.73. The fraction of sp³-hybridized carbons (Fsp3) is 0.714. The van der Waals surface area contributed by atoms with E-state index in [9.17, 15) is 9.59 Å². The van der Waals surface area contributed by atoms with Gasteiger partial charge >= 0.3 is 11.9 Å². The third-order valence-corrected chi connectivity index (χ3v) is 6.56. The van der Waals surface area contributed by atoms with E-state index in [1.54, 1.807) is 6.07 Å². The Morgan fingerprint density at radius 2 is 1.03 bits per heavy atom. The molecule has 3 heteroatoms. The predicted octanol–water partition coefficient (Wildman–Crippen LogP) is 8.58. The summed E-state index contributed by atoms with van der Waals surface area (Å²) in [6.07, 6.45) is 25.4. The lowest BCUT2D eigenvalue weighted by atomic mass is 9.97. The smallest absolute Gasteiger partial charge is 0.347 e. The molecule has 0 spiro atoms. The normalized spacial score (nSPS) is 12.9. The highest BCUT2D eigenvalue weighted by Gasteiger charge is 2.31. The molecule has 1 aromatic carbocycles. The molecule has 1 heterocycles. The molecule has 3 nitrogen and oxygen atoms in total. The molecule has 0 bridgehead atoms. The van der Waals surface area contributed by atoms with Crippen LogP contribution in [0, 0.1) is 0 Å². The SMILES string of the molecule is CCCCCCCCCCCCCCCCCCCCc1cccc2c1C(=O)OC2=O. The molecule has 1 aromatic rings. The molecule has 0 fully saturated rings. The Hall–Kier alpha value is -1.64. The molecule has 0 amide bonds. The van der Waals surface area contributed by atoms with Gasteiger partial charge in [-0.15, -0.1) is 0 Å². The van der Waals surface area contributed by atoms with Gasteiger partial charge in [-0.05, 0) is 24.5 Å². The minimum atomic E-state index is -0.500. The Morgan fingerprint density at radius 1 is 0.581 bits per heavy atom. The van der Waals surface area contributed by atoms with Crippen LogP contribution in [-0.4, -0.2) is 11.9 Å². The van der Waals surface area contributed by atoms with Crippen LogP contribution >= 0.6 is 0 Å². The molecular weight excluding hydrogens is 384 g/mol. The maximum absolute atomic E-state index is 11.8. The van der Waals surface area contributed by atoms with Crippen LogP contribution < -0.4 is 0 Å². The summed E-state index contributed by atoms with van der Waals surface area (Å²) in [7, 11) is 0. The molecule has 0 aromatic heterocycles. The third-order valence-electron chi connectivity index (χ3n) is 6.56. The highest BCUT2D eigenvalue weighted by Crippen LogP contribution is 2.25. The van der Waals surface area contributed by atoms with Gasteiger partial charge in [-0.25, -0.2) is 9.59 Å². The van der Waals surface area contributed by atoms with Crippen LogP contribution in [0.1, 0.15) is 149 Å². The van der Waals surface area contributed by atoms with E-state index in [1.807, 2.05) is 12.1 Å². The number of cyclic esters (lactones) is 2. The maximum atomic E-state index is 11.8. The average Bonchev–Trinajstić information content (AvgIpc) is 3.07. The average molecular weight is 429 g/mol. The van der Waals surface area contributed by atoms with Crippen molar-refractivity contribution in [1.29, 1.82) is 0 Å². The van der Waals surface area contributed by atoms with Gasteiger partial charge in [0.15, 0.2) is 0 Å². The number of hydrogen-bond donors (Lipinski definition) is 0. The quantitative estimate of drug-likeness (QED) is 0.126. The van der Waals surface area contributed by atoms with Crippen LogP contribution in [0.2, 0.25) is 0 Å². The van der Waals surface area contributed by atoms with Gasteiger partial charge < -0.3 is 4.74 Å². The van der Waals surface area contributed by atoms with Crippen LogP contribution in [-0.2, 0) is 11.2 Å². The van der Waals surface area contributed by atoms with Crippen molar-refractivity contribution in [2.75, 3.05) is 0 Å². The monoisotopic (exact) mass is 428 g/mol. The number of rotatable bonds is 19. The van der Waals surface area contributed by atoms with Crippen molar-refractivity contribution in [3.8, 4) is 0 Å². The molecule has 0 N–H and O–H groups in total. The molecule has 174 valence electrons. The van der Waals surface area contributed by atoms with E-state index in [0.29, 0.717) is 11.1 Å². The van der Waals surface area contributed by atoms with Gasteiger partial charge in [0.2, 0.25) is 0 Å². The van der Waals surface area contributed by atoms with Crippen LogP contribution in [0.25, 0.3) is 0 Å². The Morgan fingerprint density at radius 3 is 1.52 bits per heavy atom. The molecule has 2 rings (SSSR count). The van der Waals surface area contributed by atoms with Gasteiger partial charge in [-0.3, -0.25) is 0 Å². The van der Waals surface area contributed by atoms with E-state index >= 15 is 0 Å². The first-order valence-electron chi connectivity index (χ1n) is 13.1. The van der Waals surface area contributed by atoms with Gasteiger partial charge in [0.25, 0.3) is 0 Å². The number of ether oxygens (including phenoxy) is 1. The van der Waals surface area contributed by atoms with Crippen LogP contribution in [0.3, 0.4) is 0 Å². The van der Waals surface area contributed by atoms with E-state index in [1.165, 1.54) is 109 Å². The second-order valence-corrected chi connectivity index (χ2v) is 9.28. The number of hydrogen-bond acceptors (Lipinski definition) is 3. The minimum absolute atomic E-state index is 0.435. The summed E-state index contributed by atoms with van der Waals surface area (Å²) in [5, 5.41) is 0. The van der Waals surface area contributed by atoms with E-state index < -0.39 is 11.9 Å². The zero-order chi connectivity index (χ0) is 22.2. The molecule has 0 radical (unpaired) electrons. The second-order valence-electron chi connectivity index (χ2n) is 9.28. The van der Waals surface area contributed by atoms with Crippen molar-refractivity contribution in [2.45, 2.75) is 129 Å². The van der Waals surface area contributed by atoms with E-state index in [-0.39, 0.29) is 0 Å². The Kier molecular flexibility index (Phi) is 13.3. The lowest BCUT2D eigenvalue weighted by Crippen LogP contribution is -2.00. The third kappa shape index (κ3) is 10.0. The first-order chi connectivity index (χ1) is 15.2. The van der Waals surface area contributed by atoms with Crippen LogP contribution in [0.5, 0.6) is 0 Å². The molecule has 0 saturated carbocycles. The Bertz CT molecular complexity index is 650. The molecule has 0 atom stereocenters. The lowest BCUT2D eigenvalue weighted by molar-refractivity contribution is 0.0443. The number of fused-ring (bicyclic) bond motifs is 1. The van der Waals surface area contributed by atoms with Gasteiger partial charge in [-0.1, -0.05) is 128 Å². The van der Waals surface area contributed by atoms with Crippen LogP contribution in [0.4, 0.5) is 0 Å². The summed E-state index contributed by atoms with van der Waals surface area (Å²) >= 11 is 0. The number of esters is 2. The largest absolute Gasteiger partial charge is 0.386 e. The number of carbonyl (C=O) groups excluding carboxylic acids is 2. The fourth-order valence-electron chi connectivity index (χ4n) is 4.63. The summed E-state index contributed by atoms with van der Waals surface area (Å²) in [4.78, 5) is 23.5. The summed E-state index contributed by atoms with van der Waals surface area (Å²) in [6, 6.07) is 5.48. The topological polar surface area (TPSA) is 43.4 Å². The molecule has 0 aliphatic carbocycles. The van der Waals surface area contributed by atoms with Gasteiger partial charge in [0.05, 0.1) is 11.1 Å². The molecule has 31 heavy (non-hydrogen) atoms. The number of aryl methyl sites for hydroxylation is 1. The minimum Gasteiger partial charge on any atom is -0.386 e. The van der Waals surface area contributed by atoms with Crippen molar-refractivity contribution < 1.29 is 14.3 Å². The molecule has 0 saturated heterocycles. The molecule has 1 aliphatic heterocycles. The van der Waals surface area contributed by atoms with Gasteiger partial charge in [-0.2, -0.15) is 0 Å². The lowest BCUT2D eigenvalue weighted by Gasteiger charge is -2.05. The van der Waals surface area contributed by atoms with Crippen molar-refractivity contribution in [2.24, 2.45) is 0 Å². The first-order valence-corrected chi connectivity index (χ1v) is 13.1. The van der Waals surface area contributed by atoms with Gasteiger partial charge in [0.1, 0.15) is 0 Å². The number of unbranched alkanes of at least 4 members (excludes halogenated alkanes) is 17. The predicted molar refractivity (Wildman–Crippen MR) is 129 cm³/mol. The standard InChI is InChI=1S/C28H44O3/c1-2-3-4-5-6-7-8-9-10-11-12-13-14-15-16-17-18-19-21-24-22-20-23-25-26(24)28(30)31-27(25)29/h20,22-23H,2-19,21H2,1H3. The number of benzene rings is 1. The van der Waals surface area contributed by atoms with E-state index in [2.05, 4.69) is 6.92 Å². The van der Waals surface area contributed by atoms with Crippen molar-refractivity contribution >= 4 is 11.9 Å².